The Morgan fingerprint density at radius 3 is 1.97 bits per heavy atom. The second kappa shape index (κ2) is 19.0. The van der Waals surface area contributed by atoms with E-state index in [1.165, 1.54) is 124 Å². The second-order valence-corrected chi connectivity index (χ2v) is 22.4. The van der Waals surface area contributed by atoms with Gasteiger partial charge in [-0.25, -0.2) is 0 Å². The van der Waals surface area contributed by atoms with Crippen LogP contribution in [0.25, 0.3) is 33.4 Å². The average molecular weight is 978 g/mol. The van der Waals surface area contributed by atoms with Gasteiger partial charge in [0.25, 0.3) is 0 Å². The molecular weight excluding hydrogens is 912 g/mol. The van der Waals surface area contributed by atoms with Crippen LogP contribution in [-0.4, -0.2) is 15.1 Å². The zero-order chi connectivity index (χ0) is 51.0. The Balaban J connectivity index is 1.09. The molecular formula is C68H65B2N3S. The van der Waals surface area contributed by atoms with Crippen LogP contribution in [0.5, 0.6) is 0 Å². The molecule has 3 aliphatic rings. The zero-order valence-corrected chi connectivity index (χ0v) is 45.3. The van der Waals surface area contributed by atoms with E-state index in [-0.39, 0.29) is 5.41 Å². The van der Waals surface area contributed by atoms with Gasteiger partial charge in [-0.3, -0.25) is 0 Å². The number of thiol groups is 1. The molecule has 2 aliphatic carbocycles. The monoisotopic (exact) mass is 978 g/mol. The van der Waals surface area contributed by atoms with Crippen molar-refractivity contribution in [2.24, 2.45) is 0 Å². The predicted molar refractivity (Wildman–Crippen MR) is 325 cm³/mol. The number of aryl methyl sites for hydroxylation is 7. The molecule has 6 heteroatoms. The highest BCUT2D eigenvalue weighted by atomic mass is 32.1. The number of rotatable bonds is 10. The number of fused-ring (bicyclic) bond motifs is 6. The molecule has 1 aliphatic heterocycles. The van der Waals surface area contributed by atoms with Crippen LogP contribution in [0.2, 0.25) is 0 Å². The standard InChI is InChI=1S/C68H65B2N3S/c1-8-45-17-22-51(23-18-45)72(52-24-19-46(40-69)20-25-52)53-26-29-61-64(39-53)73(63-30-27-54(74)33-42(63)3)65-37-49(66-43(4)31-41(2)32-44(66)5)35-58(67(65)70-61)57-34-47-13-9-10-14-48(47)36-62(57)71-50-21-28-56-55-15-11-12-16-59(55)68(6,7)60(56)38-50/h11-12,15-39,70-71,74H,8-10,13-14,40,69H2,1-7H3. The van der Waals surface area contributed by atoms with Crippen molar-refractivity contribution < 1.29 is 0 Å². The number of nitrogens with one attached hydrogen (secondary N) is 1. The lowest BCUT2D eigenvalue weighted by Crippen LogP contribution is -2.41. The van der Waals surface area contributed by atoms with Crippen LogP contribution < -0.4 is 26.0 Å². The normalized spacial score (nSPS) is 13.8. The number of hydrogen-bond donors (Lipinski definition) is 2. The lowest BCUT2D eigenvalue weighted by molar-refractivity contribution is 0.660. The lowest BCUT2D eigenvalue weighted by atomic mass is 9.57. The van der Waals surface area contributed by atoms with Crippen molar-refractivity contribution in [1.29, 1.82) is 0 Å². The molecule has 0 saturated heterocycles. The van der Waals surface area contributed by atoms with Gasteiger partial charge in [0.1, 0.15) is 7.85 Å². The van der Waals surface area contributed by atoms with Crippen molar-refractivity contribution >= 4 is 84.2 Å². The van der Waals surface area contributed by atoms with Crippen molar-refractivity contribution in [3.8, 4) is 33.4 Å². The van der Waals surface area contributed by atoms with E-state index in [1.807, 2.05) is 0 Å². The van der Waals surface area contributed by atoms with Gasteiger partial charge in [-0.2, -0.15) is 0 Å². The Hall–Kier alpha value is -7.14. The summed E-state index contributed by atoms with van der Waals surface area (Å²) < 4.78 is 0. The molecule has 12 rings (SSSR count). The average Bonchev–Trinajstić information content (AvgIpc) is 3.63. The minimum Gasteiger partial charge on any atom is -0.355 e. The molecule has 0 unspecified atom stereocenters. The highest BCUT2D eigenvalue weighted by molar-refractivity contribution is 7.80. The fourth-order valence-electron chi connectivity index (χ4n) is 12.8. The molecule has 0 bridgehead atoms. The van der Waals surface area contributed by atoms with Crippen LogP contribution in [0.15, 0.2) is 169 Å². The van der Waals surface area contributed by atoms with E-state index in [0.717, 1.165) is 71.9 Å². The Labute approximate surface area is 446 Å². The second-order valence-electron chi connectivity index (χ2n) is 21.9. The van der Waals surface area contributed by atoms with Gasteiger partial charge in [0.05, 0.1) is 0 Å². The third-order valence-electron chi connectivity index (χ3n) is 16.6. The molecule has 0 radical (unpaired) electrons. The maximum atomic E-state index is 4.89. The first-order chi connectivity index (χ1) is 35.9. The fraction of sp³-hybridized carbons (Fsp3) is 0.206. The summed E-state index contributed by atoms with van der Waals surface area (Å²) in [5, 5.41) is 4.13. The zero-order valence-electron chi connectivity index (χ0n) is 44.4. The first-order valence-corrected chi connectivity index (χ1v) is 27.4. The SMILES string of the molecule is BCc1ccc(N(c2ccc(CC)cc2)c2ccc3c(c2)N(c2ccc(S)cc2C)c2cc(-c4c(C)cc(C)cc4C)cc(-c4cc5c(cc4Nc4ccc6c(c4)C(C)(C)c4ccccc4-6)CCCC5)c2B3)cc1. The summed E-state index contributed by atoms with van der Waals surface area (Å²) in [5.41, 5.74) is 32.9. The highest BCUT2D eigenvalue weighted by Gasteiger charge is 2.36. The summed E-state index contributed by atoms with van der Waals surface area (Å²) in [6, 6.07) is 62.9. The third kappa shape index (κ3) is 8.36. The van der Waals surface area contributed by atoms with E-state index < -0.39 is 0 Å². The van der Waals surface area contributed by atoms with Crippen molar-refractivity contribution in [1.82, 2.24) is 0 Å². The summed E-state index contributed by atoms with van der Waals surface area (Å²) in [6.45, 7) is 16.0. The molecule has 0 saturated carbocycles. The van der Waals surface area contributed by atoms with Gasteiger partial charge in [0.2, 0.25) is 0 Å². The molecule has 0 atom stereocenters. The molecule has 3 nitrogen and oxygen atoms in total. The van der Waals surface area contributed by atoms with Crippen molar-refractivity contribution in [2.45, 2.75) is 97.2 Å². The van der Waals surface area contributed by atoms with Gasteiger partial charge in [0, 0.05) is 61.4 Å². The summed E-state index contributed by atoms with van der Waals surface area (Å²) in [4.78, 5) is 5.97. The molecule has 0 aromatic heterocycles. The molecule has 0 spiro atoms. The molecule has 74 heavy (non-hydrogen) atoms. The Kier molecular flexibility index (Phi) is 12.3. The van der Waals surface area contributed by atoms with Gasteiger partial charge in [-0.15, -0.1) is 12.6 Å². The third-order valence-corrected chi connectivity index (χ3v) is 16.9. The number of nitrogens with zero attached hydrogens (tertiary/aromatic N) is 2. The van der Waals surface area contributed by atoms with Gasteiger partial charge >= 0.3 is 0 Å². The van der Waals surface area contributed by atoms with E-state index in [4.69, 9.17) is 12.6 Å². The van der Waals surface area contributed by atoms with Crippen LogP contribution in [0.1, 0.15) is 89.2 Å². The van der Waals surface area contributed by atoms with Crippen molar-refractivity contribution in [2.75, 3.05) is 15.1 Å². The first kappa shape index (κ1) is 47.8. The molecule has 0 amide bonds. The molecule has 364 valence electrons. The van der Waals surface area contributed by atoms with Gasteiger partial charge in [-0.1, -0.05) is 116 Å². The van der Waals surface area contributed by atoms with Gasteiger partial charge in [-0.05, 0) is 229 Å². The number of anilines is 8. The Bertz CT molecular complexity index is 3620. The summed E-state index contributed by atoms with van der Waals surface area (Å²) in [5.74, 6) is 0. The van der Waals surface area contributed by atoms with Crippen LogP contribution >= 0.6 is 12.6 Å². The predicted octanol–water partition coefficient (Wildman–Crippen LogP) is 15.8. The minimum atomic E-state index is -0.101. The van der Waals surface area contributed by atoms with E-state index in [0.29, 0.717) is 0 Å². The van der Waals surface area contributed by atoms with Crippen LogP contribution in [0.4, 0.5) is 45.5 Å². The minimum absolute atomic E-state index is 0.101. The van der Waals surface area contributed by atoms with Crippen LogP contribution in [-0.2, 0) is 31.0 Å². The number of hydrogen-bond acceptors (Lipinski definition) is 4. The van der Waals surface area contributed by atoms with Crippen molar-refractivity contribution in [3.05, 3.63) is 219 Å². The molecule has 1 N–H and O–H groups in total. The van der Waals surface area contributed by atoms with E-state index in [2.05, 4.69) is 235 Å². The lowest BCUT2D eigenvalue weighted by Gasteiger charge is -2.37. The quantitative estimate of drug-likeness (QED) is 0.105. The number of benzene rings is 9. The molecule has 9 aromatic rings. The molecule has 1 heterocycles. The molecule has 9 aromatic carbocycles. The topological polar surface area (TPSA) is 18.5 Å². The molecule has 0 fully saturated rings. The van der Waals surface area contributed by atoms with E-state index in [1.54, 1.807) is 0 Å². The maximum Gasteiger partial charge on any atom is 0.198 e. The summed E-state index contributed by atoms with van der Waals surface area (Å²) in [7, 11) is 3.01. The Morgan fingerprint density at radius 1 is 0.595 bits per heavy atom. The van der Waals surface area contributed by atoms with Crippen molar-refractivity contribution in [3.63, 3.8) is 0 Å². The Morgan fingerprint density at radius 2 is 1.27 bits per heavy atom. The smallest absolute Gasteiger partial charge is 0.198 e. The fourth-order valence-corrected chi connectivity index (χ4v) is 13.1. The highest BCUT2D eigenvalue weighted by Crippen LogP contribution is 2.51. The summed E-state index contributed by atoms with van der Waals surface area (Å²) >= 11 is 4.89. The largest absolute Gasteiger partial charge is 0.355 e. The van der Waals surface area contributed by atoms with Crippen LogP contribution in [0, 0.1) is 27.7 Å². The summed E-state index contributed by atoms with van der Waals surface area (Å²) in [6.07, 6.45) is 6.63. The van der Waals surface area contributed by atoms with Gasteiger partial charge < -0.3 is 15.1 Å². The van der Waals surface area contributed by atoms with Crippen LogP contribution in [0.3, 0.4) is 0 Å². The maximum absolute atomic E-state index is 4.89. The van der Waals surface area contributed by atoms with Gasteiger partial charge in [0.15, 0.2) is 7.28 Å². The van der Waals surface area contributed by atoms with E-state index >= 15 is 0 Å². The van der Waals surface area contributed by atoms with E-state index in [9.17, 15) is 0 Å². The first-order valence-electron chi connectivity index (χ1n) is 27.0.